The number of alkyl carbamates (subject to hydrolysis) is 1. The molecular formula is C31H34Cl2F3N3O8S. The Hall–Kier alpha value is -3.76. The topological polar surface area (TPSA) is 141 Å². The van der Waals surface area contributed by atoms with Gasteiger partial charge in [0.15, 0.2) is 5.75 Å². The Morgan fingerprint density at radius 3 is 2.04 bits per heavy atom. The summed E-state index contributed by atoms with van der Waals surface area (Å²) < 4.78 is 89.7. The summed E-state index contributed by atoms with van der Waals surface area (Å²) >= 11 is 11.7. The van der Waals surface area contributed by atoms with Crippen molar-refractivity contribution in [2.75, 3.05) is 44.2 Å². The highest BCUT2D eigenvalue weighted by atomic mass is 35.5. The number of hydrogen-bond acceptors (Lipinski definition) is 8. The average molecular weight is 737 g/mol. The Balaban J connectivity index is 1.47. The Kier molecular flexibility index (Phi) is 13.8. The first kappa shape index (κ1) is 38.7. The molecule has 3 aromatic carbocycles. The van der Waals surface area contributed by atoms with E-state index in [1.165, 1.54) is 42.5 Å². The monoisotopic (exact) mass is 735 g/mol. The van der Waals surface area contributed by atoms with Crippen LogP contribution in [0.3, 0.4) is 0 Å². The van der Waals surface area contributed by atoms with Gasteiger partial charge in [-0.3, -0.25) is 9.52 Å². The van der Waals surface area contributed by atoms with Crippen LogP contribution < -0.4 is 20.1 Å². The van der Waals surface area contributed by atoms with Gasteiger partial charge in [-0.2, -0.15) is 13.2 Å². The number of halogens is 5. The fourth-order valence-corrected chi connectivity index (χ4v) is 5.24. The second-order valence-electron chi connectivity index (χ2n) is 10.9. The highest BCUT2D eigenvalue weighted by Gasteiger charge is 2.34. The van der Waals surface area contributed by atoms with Gasteiger partial charge in [-0.15, -0.1) is 0 Å². The van der Waals surface area contributed by atoms with Crippen molar-refractivity contribution in [1.29, 1.82) is 0 Å². The van der Waals surface area contributed by atoms with Crippen LogP contribution in [0.1, 0.15) is 36.7 Å². The number of ether oxygens (including phenoxy) is 4. The lowest BCUT2D eigenvalue weighted by atomic mass is 10.2. The van der Waals surface area contributed by atoms with Crippen LogP contribution in [0.5, 0.6) is 11.5 Å². The largest absolute Gasteiger partial charge is 0.455 e. The van der Waals surface area contributed by atoms with E-state index in [4.69, 9.17) is 42.1 Å². The number of rotatable bonds is 15. The van der Waals surface area contributed by atoms with Crippen molar-refractivity contribution in [2.24, 2.45) is 0 Å². The van der Waals surface area contributed by atoms with Gasteiger partial charge in [0.25, 0.3) is 15.9 Å². The van der Waals surface area contributed by atoms with Gasteiger partial charge in [-0.05, 0) is 75.4 Å². The summed E-state index contributed by atoms with van der Waals surface area (Å²) in [5.41, 5.74) is -1.68. The number of nitrogens with one attached hydrogen (secondary N) is 3. The van der Waals surface area contributed by atoms with E-state index in [0.717, 1.165) is 12.1 Å². The molecule has 2 amide bonds. The zero-order valence-corrected chi connectivity index (χ0v) is 28.4. The molecule has 0 unspecified atom stereocenters. The summed E-state index contributed by atoms with van der Waals surface area (Å²) in [6, 6.07) is 12.1. The van der Waals surface area contributed by atoms with E-state index < -0.39 is 43.4 Å². The van der Waals surface area contributed by atoms with Crippen LogP contribution in [0.4, 0.5) is 23.7 Å². The lowest BCUT2D eigenvalue weighted by Crippen LogP contribution is -2.34. The van der Waals surface area contributed by atoms with E-state index in [1.807, 2.05) is 0 Å². The van der Waals surface area contributed by atoms with Gasteiger partial charge in [0.1, 0.15) is 11.4 Å². The second-order valence-corrected chi connectivity index (χ2v) is 13.4. The van der Waals surface area contributed by atoms with Crippen LogP contribution in [0, 0.1) is 0 Å². The summed E-state index contributed by atoms with van der Waals surface area (Å²) in [4.78, 5) is 23.4. The molecule has 0 aliphatic heterocycles. The smallest absolute Gasteiger partial charge is 0.417 e. The number of amides is 2. The Bertz CT molecular complexity index is 1670. The van der Waals surface area contributed by atoms with Gasteiger partial charge in [0.05, 0.1) is 47.6 Å². The predicted octanol–water partition coefficient (Wildman–Crippen LogP) is 6.89. The lowest BCUT2D eigenvalue weighted by molar-refractivity contribution is -0.137. The van der Waals surface area contributed by atoms with Crippen molar-refractivity contribution in [2.45, 2.75) is 37.4 Å². The zero-order valence-electron chi connectivity index (χ0n) is 26.1. The normalized spacial score (nSPS) is 11.9. The third-order valence-corrected chi connectivity index (χ3v) is 7.83. The average Bonchev–Trinajstić information content (AvgIpc) is 2.98. The van der Waals surface area contributed by atoms with Crippen LogP contribution in [0.2, 0.25) is 10.0 Å². The second kappa shape index (κ2) is 17.1. The van der Waals surface area contributed by atoms with E-state index in [2.05, 4.69) is 15.4 Å². The van der Waals surface area contributed by atoms with Crippen molar-refractivity contribution >= 4 is 50.9 Å². The van der Waals surface area contributed by atoms with E-state index in [9.17, 15) is 31.2 Å². The molecule has 0 saturated heterocycles. The predicted molar refractivity (Wildman–Crippen MR) is 173 cm³/mol. The Morgan fingerprint density at radius 1 is 0.812 bits per heavy atom. The minimum absolute atomic E-state index is 0.0475. The summed E-state index contributed by atoms with van der Waals surface area (Å²) in [5, 5.41) is 4.83. The van der Waals surface area contributed by atoms with Crippen molar-refractivity contribution < 1.29 is 50.1 Å². The highest BCUT2D eigenvalue weighted by molar-refractivity contribution is 7.92. The number of hydrogen-bond donors (Lipinski definition) is 3. The molecule has 0 radical (unpaired) electrons. The molecule has 0 saturated carbocycles. The third-order valence-electron chi connectivity index (χ3n) is 5.90. The molecule has 11 nitrogen and oxygen atoms in total. The maximum absolute atomic E-state index is 13.3. The molecule has 0 bridgehead atoms. The van der Waals surface area contributed by atoms with E-state index in [1.54, 1.807) is 20.8 Å². The molecular weight excluding hydrogens is 702 g/mol. The summed E-state index contributed by atoms with van der Waals surface area (Å²) in [7, 11) is -4.51. The quantitative estimate of drug-likeness (QED) is 0.143. The van der Waals surface area contributed by atoms with Crippen molar-refractivity contribution in [3.05, 3.63) is 81.8 Å². The van der Waals surface area contributed by atoms with E-state index in [0.29, 0.717) is 18.2 Å². The standard InChI is InChI=1S/C31H34Cl2F3N3O8S/c1-30(2,3)47-29(41)38-13-15-45-17-16-44-14-12-37-28(40)20-4-7-22(8-5-20)46-27-18-21(32)6-11-26(27)39-48(42,43)23-9-10-25(33)24(19-23)31(34,35)36/h4-11,18-19,39H,12-17H2,1-3H3,(H,37,40)(H,38,41). The molecule has 0 aliphatic rings. The Labute approximate surface area is 286 Å². The molecule has 0 spiro atoms. The summed E-state index contributed by atoms with van der Waals surface area (Å²) in [6.45, 7) is 6.90. The van der Waals surface area contributed by atoms with E-state index in [-0.39, 0.29) is 61.0 Å². The molecule has 3 N–H and O–H groups in total. The van der Waals surface area contributed by atoms with Crippen molar-refractivity contribution in [1.82, 2.24) is 10.6 Å². The molecule has 262 valence electrons. The van der Waals surface area contributed by atoms with Crippen LogP contribution >= 0.6 is 23.2 Å². The molecule has 0 atom stereocenters. The van der Waals surface area contributed by atoms with Gasteiger partial charge in [-0.1, -0.05) is 23.2 Å². The molecule has 17 heteroatoms. The fraction of sp³-hybridized carbons (Fsp3) is 0.355. The molecule has 3 rings (SSSR count). The number of sulfonamides is 1. The molecule has 0 aromatic heterocycles. The molecule has 0 heterocycles. The maximum Gasteiger partial charge on any atom is 0.417 e. The molecule has 3 aromatic rings. The van der Waals surface area contributed by atoms with Gasteiger partial charge in [0.2, 0.25) is 0 Å². The Morgan fingerprint density at radius 2 is 1.44 bits per heavy atom. The maximum atomic E-state index is 13.3. The van der Waals surface area contributed by atoms with Gasteiger partial charge >= 0.3 is 12.3 Å². The highest BCUT2D eigenvalue weighted by Crippen LogP contribution is 2.37. The van der Waals surface area contributed by atoms with Crippen LogP contribution in [-0.4, -0.2) is 65.5 Å². The number of carbonyl (C=O) groups is 2. The summed E-state index contributed by atoms with van der Waals surface area (Å²) in [5.74, 6) is -0.217. The molecule has 48 heavy (non-hydrogen) atoms. The van der Waals surface area contributed by atoms with Crippen molar-refractivity contribution in [3.63, 3.8) is 0 Å². The van der Waals surface area contributed by atoms with Gasteiger partial charge < -0.3 is 29.6 Å². The lowest BCUT2D eigenvalue weighted by Gasteiger charge is -2.19. The number of benzene rings is 3. The van der Waals surface area contributed by atoms with Crippen molar-refractivity contribution in [3.8, 4) is 11.5 Å². The number of carbonyl (C=O) groups excluding carboxylic acids is 2. The minimum Gasteiger partial charge on any atom is -0.455 e. The third kappa shape index (κ3) is 12.7. The fourth-order valence-electron chi connectivity index (χ4n) is 3.76. The first-order chi connectivity index (χ1) is 22.4. The SMILES string of the molecule is CC(C)(C)OC(=O)NCCOCCOCCNC(=O)c1ccc(Oc2cc(Cl)ccc2NS(=O)(=O)c2ccc(Cl)c(C(F)(F)F)c2)cc1. The molecule has 0 aliphatic carbocycles. The van der Waals surface area contributed by atoms with Gasteiger partial charge in [0, 0.05) is 29.7 Å². The number of anilines is 1. The summed E-state index contributed by atoms with van der Waals surface area (Å²) in [6.07, 6.45) is -5.39. The van der Waals surface area contributed by atoms with Crippen LogP contribution in [-0.2, 0) is 30.4 Å². The van der Waals surface area contributed by atoms with Gasteiger partial charge in [-0.25, -0.2) is 13.2 Å². The zero-order chi connectivity index (χ0) is 35.5. The minimum atomic E-state index is -4.87. The molecule has 0 fully saturated rings. The first-order valence-electron chi connectivity index (χ1n) is 14.3. The van der Waals surface area contributed by atoms with E-state index >= 15 is 0 Å². The van der Waals surface area contributed by atoms with Crippen LogP contribution in [0.15, 0.2) is 65.6 Å². The number of alkyl halides is 3. The first-order valence-corrected chi connectivity index (χ1v) is 16.6. The van der Waals surface area contributed by atoms with Crippen LogP contribution in [0.25, 0.3) is 0 Å².